The van der Waals surface area contributed by atoms with E-state index in [1.807, 2.05) is 13.8 Å². The Kier molecular flexibility index (Phi) is 17.1. The SMILES string of the molecule is CCCOCCOCCOC(=O)C(C)(CC)C(=O)OCCOCCOCCC. The van der Waals surface area contributed by atoms with E-state index in [4.69, 9.17) is 28.4 Å². The Morgan fingerprint density at radius 3 is 1.21 bits per heavy atom. The van der Waals surface area contributed by atoms with Crippen molar-refractivity contribution in [3.63, 3.8) is 0 Å². The number of carbonyl (C=O) groups is 2. The zero-order chi connectivity index (χ0) is 21.1. The molecule has 0 aromatic rings. The van der Waals surface area contributed by atoms with Crippen LogP contribution in [0.2, 0.25) is 0 Å². The third-order valence-corrected chi connectivity index (χ3v) is 3.97. The van der Waals surface area contributed by atoms with E-state index in [2.05, 4.69) is 0 Å². The van der Waals surface area contributed by atoms with E-state index in [9.17, 15) is 9.59 Å². The van der Waals surface area contributed by atoms with Crippen LogP contribution in [0.15, 0.2) is 0 Å². The Bertz CT molecular complexity index is 368. The van der Waals surface area contributed by atoms with Crippen molar-refractivity contribution in [1.82, 2.24) is 0 Å². The second kappa shape index (κ2) is 17.8. The van der Waals surface area contributed by atoms with Gasteiger partial charge in [0.05, 0.1) is 39.6 Å². The third-order valence-electron chi connectivity index (χ3n) is 3.97. The molecule has 0 aromatic carbocycles. The van der Waals surface area contributed by atoms with Crippen LogP contribution in [0.1, 0.15) is 47.0 Å². The van der Waals surface area contributed by atoms with Crippen LogP contribution >= 0.6 is 0 Å². The maximum Gasteiger partial charge on any atom is 0.323 e. The van der Waals surface area contributed by atoms with Gasteiger partial charge in [-0.15, -0.1) is 0 Å². The highest BCUT2D eigenvalue weighted by Crippen LogP contribution is 2.25. The molecule has 0 fully saturated rings. The van der Waals surface area contributed by atoms with E-state index in [0.29, 0.717) is 39.6 Å². The number of rotatable bonds is 19. The molecule has 0 unspecified atom stereocenters. The van der Waals surface area contributed by atoms with Gasteiger partial charge in [-0.1, -0.05) is 20.8 Å². The first-order chi connectivity index (χ1) is 13.5. The molecule has 0 aromatic heterocycles. The van der Waals surface area contributed by atoms with Gasteiger partial charge in [0.15, 0.2) is 5.41 Å². The molecule has 0 saturated heterocycles. The van der Waals surface area contributed by atoms with Gasteiger partial charge in [-0.25, -0.2) is 0 Å². The van der Waals surface area contributed by atoms with Gasteiger partial charge in [-0.05, 0) is 26.2 Å². The summed E-state index contributed by atoms with van der Waals surface area (Å²) in [5.74, 6) is -1.22. The van der Waals surface area contributed by atoms with Crippen molar-refractivity contribution in [3.8, 4) is 0 Å². The molecule has 0 heterocycles. The first-order valence-electron chi connectivity index (χ1n) is 10.2. The van der Waals surface area contributed by atoms with Crippen molar-refractivity contribution in [2.45, 2.75) is 47.0 Å². The molecule has 0 radical (unpaired) electrons. The van der Waals surface area contributed by atoms with Gasteiger partial charge < -0.3 is 28.4 Å². The van der Waals surface area contributed by atoms with Crippen LogP contribution in [0.3, 0.4) is 0 Å². The lowest BCUT2D eigenvalue weighted by Gasteiger charge is -2.23. The molecular formula is C20H38O8. The van der Waals surface area contributed by atoms with E-state index in [1.54, 1.807) is 6.92 Å². The van der Waals surface area contributed by atoms with Gasteiger partial charge in [0.1, 0.15) is 13.2 Å². The molecule has 28 heavy (non-hydrogen) atoms. The van der Waals surface area contributed by atoms with Gasteiger partial charge in [-0.3, -0.25) is 9.59 Å². The van der Waals surface area contributed by atoms with Crippen LogP contribution in [-0.2, 0) is 38.0 Å². The number of ether oxygens (including phenoxy) is 6. The summed E-state index contributed by atoms with van der Waals surface area (Å²) in [6.45, 7) is 11.3. The number of hydrogen-bond donors (Lipinski definition) is 0. The van der Waals surface area contributed by atoms with Crippen molar-refractivity contribution >= 4 is 11.9 Å². The van der Waals surface area contributed by atoms with E-state index >= 15 is 0 Å². The first kappa shape index (κ1) is 26.8. The molecule has 0 bridgehead atoms. The summed E-state index contributed by atoms with van der Waals surface area (Å²) in [6, 6.07) is 0. The Balaban J connectivity index is 3.95. The van der Waals surface area contributed by atoms with Crippen LogP contribution in [0.25, 0.3) is 0 Å². The Morgan fingerprint density at radius 2 is 0.893 bits per heavy atom. The predicted octanol–water partition coefficient (Wildman–Crippen LogP) is 2.38. The van der Waals surface area contributed by atoms with E-state index in [-0.39, 0.29) is 32.8 Å². The lowest BCUT2D eigenvalue weighted by atomic mass is 9.88. The topological polar surface area (TPSA) is 89.5 Å². The molecule has 0 N–H and O–H groups in total. The Morgan fingerprint density at radius 1 is 0.571 bits per heavy atom. The third kappa shape index (κ3) is 12.3. The molecule has 166 valence electrons. The molecule has 0 aliphatic heterocycles. The van der Waals surface area contributed by atoms with Gasteiger partial charge >= 0.3 is 11.9 Å². The summed E-state index contributed by atoms with van der Waals surface area (Å²) in [5.41, 5.74) is -1.34. The summed E-state index contributed by atoms with van der Waals surface area (Å²) in [6.07, 6.45) is 2.20. The normalized spacial score (nSPS) is 11.4. The Hall–Kier alpha value is -1.22. The summed E-state index contributed by atoms with van der Waals surface area (Å²) in [5, 5.41) is 0. The molecular weight excluding hydrogens is 368 g/mol. The zero-order valence-corrected chi connectivity index (χ0v) is 18.0. The van der Waals surface area contributed by atoms with E-state index in [1.165, 1.54) is 6.92 Å². The van der Waals surface area contributed by atoms with Crippen LogP contribution in [0.5, 0.6) is 0 Å². The maximum absolute atomic E-state index is 12.3. The summed E-state index contributed by atoms with van der Waals surface area (Å²) < 4.78 is 31.6. The van der Waals surface area contributed by atoms with Crippen molar-refractivity contribution in [3.05, 3.63) is 0 Å². The van der Waals surface area contributed by atoms with Crippen LogP contribution in [0, 0.1) is 5.41 Å². The van der Waals surface area contributed by atoms with Crippen molar-refractivity contribution in [1.29, 1.82) is 0 Å². The van der Waals surface area contributed by atoms with Crippen LogP contribution in [-0.4, -0.2) is 78.0 Å². The fourth-order valence-corrected chi connectivity index (χ4v) is 2.01. The molecule has 0 rings (SSSR count). The summed E-state index contributed by atoms with van der Waals surface area (Å²) in [7, 11) is 0. The van der Waals surface area contributed by atoms with Gasteiger partial charge in [0, 0.05) is 13.2 Å². The van der Waals surface area contributed by atoms with Gasteiger partial charge in [0.25, 0.3) is 0 Å². The monoisotopic (exact) mass is 406 g/mol. The van der Waals surface area contributed by atoms with Crippen molar-refractivity contribution in [2.24, 2.45) is 5.41 Å². The lowest BCUT2D eigenvalue weighted by Crippen LogP contribution is -2.39. The van der Waals surface area contributed by atoms with E-state index < -0.39 is 17.4 Å². The number of hydrogen-bond acceptors (Lipinski definition) is 8. The van der Waals surface area contributed by atoms with E-state index in [0.717, 1.165) is 12.8 Å². The smallest absolute Gasteiger partial charge is 0.323 e. The molecule has 0 atom stereocenters. The zero-order valence-electron chi connectivity index (χ0n) is 18.0. The average molecular weight is 407 g/mol. The number of esters is 2. The molecule has 8 nitrogen and oxygen atoms in total. The molecule has 0 saturated carbocycles. The van der Waals surface area contributed by atoms with Gasteiger partial charge in [-0.2, -0.15) is 0 Å². The molecule has 0 spiro atoms. The summed E-state index contributed by atoms with van der Waals surface area (Å²) in [4.78, 5) is 24.6. The second-order valence-corrected chi connectivity index (χ2v) is 6.41. The lowest BCUT2D eigenvalue weighted by molar-refractivity contribution is -0.173. The molecule has 0 aliphatic rings. The highest BCUT2D eigenvalue weighted by atomic mass is 16.6. The minimum atomic E-state index is -1.34. The fourth-order valence-electron chi connectivity index (χ4n) is 2.01. The van der Waals surface area contributed by atoms with Crippen LogP contribution < -0.4 is 0 Å². The fraction of sp³-hybridized carbons (Fsp3) is 0.900. The van der Waals surface area contributed by atoms with Crippen LogP contribution in [0.4, 0.5) is 0 Å². The Labute approximate surface area is 169 Å². The molecule has 0 aliphatic carbocycles. The quantitative estimate of drug-likeness (QED) is 0.183. The maximum atomic E-state index is 12.3. The van der Waals surface area contributed by atoms with Crippen molar-refractivity contribution < 1.29 is 38.0 Å². The minimum absolute atomic E-state index is 0.0797. The predicted molar refractivity (Wildman–Crippen MR) is 104 cm³/mol. The van der Waals surface area contributed by atoms with Gasteiger partial charge in [0.2, 0.25) is 0 Å². The standard InChI is InChI=1S/C20H38O8/c1-5-8-23-10-12-25-14-16-27-18(21)20(4,7-3)19(22)28-17-15-26-13-11-24-9-6-2/h5-17H2,1-4H3. The van der Waals surface area contributed by atoms with Crippen molar-refractivity contribution in [2.75, 3.05) is 66.1 Å². The highest BCUT2D eigenvalue weighted by molar-refractivity contribution is 5.99. The first-order valence-corrected chi connectivity index (χ1v) is 10.2. The summed E-state index contributed by atoms with van der Waals surface area (Å²) >= 11 is 0. The highest BCUT2D eigenvalue weighted by Gasteiger charge is 2.42. The second-order valence-electron chi connectivity index (χ2n) is 6.41. The largest absolute Gasteiger partial charge is 0.462 e. The molecule has 0 amide bonds. The molecule has 8 heteroatoms. The number of carbonyl (C=O) groups excluding carboxylic acids is 2. The minimum Gasteiger partial charge on any atom is -0.462 e. The average Bonchev–Trinajstić information content (AvgIpc) is 2.70.